The average molecular weight is 440 g/mol. The first-order chi connectivity index (χ1) is 14.9. The highest BCUT2D eigenvalue weighted by Crippen LogP contribution is 2.43. The van der Waals surface area contributed by atoms with Crippen LogP contribution in [0.2, 0.25) is 5.02 Å². The molecular formula is C21H18ClN5O4. The predicted molar refractivity (Wildman–Crippen MR) is 114 cm³/mol. The van der Waals surface area contributed by atoms with Gasteiger partial charge in [0, 0.05) is 18.1 Å². The quantitative estimate of drug-likeness (QED) is 0.482. The lowest BCUT2D eigenvalue weighted by Crippen LogP contribution is -2.32. The van der Waals surface area contributed by atoms with Crippen LogP contribution >= 0.6 is 11.6 Å². The van der Waals surface area contributed by atoms with E-state index in [0.29, 0.717) is 16.5 Å². The summed E-state index contributed by atoms with van der Waals surface area (Å²) >= 11 is 5.94. The molecule has 0 amide bonds. The number of pyridine rings is 1. The van der Waals surface area contributed by atoms with E-state index in [1.165, 1.54) is 44.9 Å². The molecule has 0 spiro atoms. The standard InChI is InChI=1S/C21H18ClN5O4/c1-25-18(28)7-6-16-19(25)20(29)26(11-23-16)10-17-24-27(21(30)31-17)15-8-13(9-15)12-2-4-14(22)5-3-12/h2-7,11,13,15H,8-10H2,1H3. The van der Waals surface area contributed by atoms with Crippen LogP contribution in [-0.2, 0) is 13.6 Å². The minimum atomic E-state index is -0.552. The van der Waals surface area contributed by atoms with E-state index in [4.69, 9.17) is 16.0 Å². The summed E-state index contributed by atoms with van der Waals surface area (Å²) in [6.45, 7) is -0.0551. The van der Waals surface area contributed by atoms with Crippen molar-refractivity contribution in [1.29, 1.82) is 0 Å². The van der Waals surface area contributed by atoms with Crippen molar-refractivity contribution in [2.24, 2.45) is 7.05 Å². The minimum absolute atomic E-state index is 0.0551. The summed E-state index contributed by atoms with van der Waals surface area (Å²) in [5, 5.41) is 4.98. The van der Waals surface area contributed by atoms with Gasteiger partial charge in [0.2, 0.25) is 5.89 Å². The monoisotopic (exact) mass is 439 g/mol. The summed E-state index contributed by atoms with van der Waals surface area (Å²) < 4.78 is 9.14. The Hall–Kier alpha value is -3.46. The first-order valence-corrected chi connectivity index (χ1v) is 10.2. The van der Waals surface area contributed by atoms with Crippen molar-refractivity contribution in [1.82, 2.24) is 23.9 Å². The summed E-state index contributed by atoms with van der Waals surface area (Å²) in [5.74, 6) is -0.101. The van der Waals surface area contributed by atoms with E-state index in [0.717, 1.165) is 12.8 Å². The fourth-order valence-electron chi connectivity index (χ4n) is 3.98. The van der Waals surface area contributed by atoms with Gasteiger partial charge in [0.1, 0.15) is 12.1 Å². The first-order valence-electron chi connectivity index (χ1n) is 9.80. The fourth-order valence-corrected chi connectivity index (χ4v) is 4.10. The molecule has 0 atom stereocenters. The average Bonchev–Trinajstić information content (AvgIpc) is 3.07. The van der Waals surface area contributed by atoms with Crippen molar-refractivity contribution in [3.8, 4) is 0 Å². The van der Waals surface area contributed by atoms with Gasteiger partial charge in [0.15, 0.2) is 0 Å². The van der Waals surface area contributed by atoms with E-state index >= 15 is 0 Å². The van der Waals surface area contributed by atoms with E-state index in [1.54, 1.807) is 0 Å². The lowest BCUT2D eigenvalue weighted by molar-refractivity contribution is 0.233. The van der Waals surface area contributed by atoms with E-state index < -0.39 is 11.3 Å². The van der Waals surface area contributed by atoms with Crippen LogP contribution < -0.4 is 16.9 Å². The predicted octanol–water partition coefficient (Wildman–Crippen LogP) is 2.07. The zero-order valence-electron chi connectivity index (χ0n) is 16.6. The van der Waals surface area contributed by atoms with Gasteiger partial charge in [-0.3, -0.25) is 14.2 Å². The molecule has 0 saturated heterocycles. The highest BCUT2D eigenvalue weighted by Gasteiger charge is 2.34. The van der Waals surface area contributed by atoms with Crippen LogP contribution in [0.1, 0.15) is 36.3 Å². The lowest BCUT2D eigenvalue weighted by Gasteiger charge is -2.34. The molecule has 0 bridgehead atoms. The van der Waals surface area contributed by atoms with Gasteiger partial charge in [0.05, 0.1) is 17.9 Å². The SMILES string of the molecule is Cn1c(=O)ccc2ncn(Cc3nn(C4CC(c5ccc(Cl)cc5)C4)c(=O)o3)c(=O)c21. The third kappa shape index (κ3) is 3.40. The first kappa shape index (κ1) is 19.5. The Bertz CT molecular complexity index is 1460. The normalized spacial score (nSPS) is 18.3. The maximum absolute atomic E-state index is 12.8. The van der Waals surface area contributed by atoms with Crippen molar-refractivity contribution < 1.29 is 4.42 Å². The molecular weight excluding hydrogens is 422 g/mol. The van der Waals surface area contributed by atoms with Crippen molar-refractivity contribution >= 4 is 22.6 Å². The summed E-state index contributed by atoms with van der Waals surface area (Å²) in [7, 11) is 1.51. The molecule has 0 aliphatic heterocycles. The minimum Gasteiger partial charge on any atom is -0.390 e. The van der Waals surface area contributed by atoms with Crippen LogP contribution in [0.25, 0.3) is 11.0 Å². The second kappa shape index (κ2) is 7.35. The van der Waals surface area contributed by atoms with Crippen molar-refractivity contribution in [3.63, 3.8) is 0 Å². The van der Waals surface area contributed by atoms with Crippen LogP contribution in [0.5, 0.6) is 0 Å². The number of hydrogen-bond acceptors (Lipinski definition) is 6. The Morgan fingerprint density at radius 2 is 1.84 bits per heavy atom. The molecule has 0 unspecified atom stereocenters. The Kier molecular flexibility index (Phi) is 4.62. The van der Waals surface area contributed by atoms with Crippen LogP contribution in [0.15, 0.2) is 61.5 Å². The van der Waals surface area contributed by atoms with Crippen molar-refractivity contribution in [2.75, 3.05) is 0 Å². The van der Waals surface area contributed by atoms with E-state index in [2.05, 4.69) is 10.1 Å². The van der Waals surface area contributed by atoms with Gasteiger partial charge in [-0.15, -0.1) is 5.10 Å². The molecule has 0 N–H and O–H groups in total. The van der Waals surface area contributed by atoms with Gasteiger partial charge >= 0.3 is 5.76 Å². The van der Waals surface area contributed by atoms with Crippen molar-refractivity contribution in [3.05, 3.63) is 90.5 Å². The number of aromatic nitrogens is 5. The Morgan fingerprint density at radius 3 is 2.58 bits per heavy atom. The fraction of sp³-hybridized carbons (Fsp3) is 0.286. The second-order valence-electron chi connectivity index (χ2n) is 7.72. The molecule has 3 heterocycles. The highest BCUT2D eigenvalue weighted by atomic mass is 35.5. The Balaban J connectivity index is 1.37. The molecule has 1 aliphatic carbocycles. The molecule has 4 aromatic rings. The van der Waals surface area contributed by atoms with Crippen LogP contribution in [0.4, 0.5) is 0 Å². The topological polar surface area (TPSA) is 105 Å². The number of nitrogens with zero attached hydrogens (tertiary/aromatic N) is 5. The molecule has 1 aromatic carbocycles. The summed E-state index contributed by atoms with van der Waals surface area (Å²) in [6.07, 6.45) is 2.90. The molecule has 31 heavy (non-hydrogen) atoms. The molecule has 1 saturated carbocycles. The van der Waals surface area contributed by atoms with Crippen LogP contribution in [0.3, 0.4) is 0 Å². The molecule has 9 nitrogen and oxygen atoms in total. The smallest absolute Gasteiger partial charge is 0.390 e. The number of hydrogen-bond donors (Lipinski definition) is 0. The number of aryl methyl sites for hydroxylation is 1. The maximum Gasteiger partial charge on any atom is 0.437 e. The Labute approximate surface area is 180 Å². The zero-order chi connectivity index (χ0) is 21.7. The summed E-state index contributed by atoms with van der Waals surface area (Å²) in [6, 6.07) is 10.5. The van der Waals surface area contributed by atoms with Crippen LogP contribution in [-0.4, -0.2) is 23.9 Å². The molecule has 1 fully saturated rings. The molecule has 10 heteroatoms. The van der Waals surface area contributed by atoms with Gasteiger partial charge in [-0.1, -0.05) is 23.7 Å². The van der Waals surface area contributed by atoms with E-state index in [1.807, 2.05) is 24.3 Å². The largest absolute Gasteiger partial charge is 0.437 e. The van der Waals surface area contributed by atoms with Crippen LogP contribution in [0, 0.1) is 0 Å². The molecule has 5 rings (SSSR count). The van der Waals surface area contributed by atoms with Gasteiger partial charge < -0.3 is 8.98 Å². The number of halogens is 1. The van der Waals surface area contributed by atoms with Crippen molar-refractivity contribution in [2.45, 2.75) is 31.3 Å². The highest BCUT2D eigenvalue weighted by molar-refractivity contribution is 6.30. The zero-order valence-corrected chi connectivity index (χ0v) is 17.3. The molecule has 3 aromatic heterocycles. The number of rotatable bonds is 4. The van der Waals surface area contributed by atoms with E-state index in [9.17, 15) is 14.4 Å². The number of fused-ring (bicyclic) bond motifs is 1. The number of benzene rings is 1. The second-order valence-corrected chi connectivity index (χ2v) is 8.16. The summed E-state index contributed by atoms with van der Waals surface area (Å²) in [4.78, 5) is 41.2. The van der Waals surface area contributed by atoms with Gasteiger partial charge in [-0.05, 0) is 42.5 Å². The Morgan fingerprint density at radius 1 is 1.10 bits per heavy atom. The third-order valence-corrected chi connectivity index (χ3v) is 6.06. The molecule has 158 valence electrons. The maximum atomic E-state index is 12.8. The van der Waals surface area contributed by atoms with E-state index in [-0.39, 0.29) is 29.6 Å². The summed E-state index contributed by atoms with van der Waals surface area (Å²) in [5.41, 5.74) is 1.06. The lowest BCUT2D eigenvalue weighted by atomic mass is 9.76. The molecule has 0 radical (unpaired) electrons. The molecule has 1 aliphatic rings. The van der Waals surface area contributed by atoms with Gasteiger partial charge in [0.25, 0.3) is 11.1 Å². The van der Waals surface area contributed by atoms with Gasteiger partial charge in [-0.25, -0.2) is 9.78 Å². The third-order valence-electron chi connectivity index (χ3n) is 5.81. The van der Waals surface area contributed by atoms with Gasteiger partial charge in [-0.2, -0.15) is 4.68 Å².